The predicted octanol–water partition coefficient (Wildman–Crippen LogP) is 4.10. The van der Waals surface area contributed by atoms with Gasteiger partial charge in [0.1, 0.15) is 17.9 Å². The van der Waals surface area contributed by atoms with Crippen molar-refractivity contribution < 1.29 is 14.6 Å². The maximum Gasteiger partial charge on any atom is 0.339 e. The Bertz CT molecular complexity index is 577. The molecule has 18 heavy (non-hydrogen) atoms. The summed E-state index contributed by atoms with van der Waals surface area (Å²) in [5, 5.41) is 11.1. The van der Waals surface area contributed by atoms with E-state index in [1.165, 1.54) is 0 Å². The number of benzene rings is 1. The fourth-order valence-electron chi connectivity index (χ4n) is 1.59. The summed E-state index contributed by atoms with van der Waals surface area (Å²) in [6.45, 7) is 2.21. The minimum atomic E-state index is -0.972. The molecule has 0 bridgehead atoms. The van der Waals surface area contributed by atoms with Crippen molar-refractivity contribution >= 4 is 33.2 Å². The summed E-state index contributed by atoms with van der Waals surface area (Å²) in [6.07, 6.45) is 0. The van der Waals surface area contributed by atoms with E-state index in [0.717, 1.165) is 14.9 Å². The van der Waals surface area contributed by atoms with Crippen molar-refractivity contribution in [3.05, 3.63) is 50.1 Å². The predicted molar refractivity (Wildman–Crippen MR) is 74.5 cm³/mol. The first kappa shape index (κ1) is 13.1. The highest BCUT2D eigenvalue weighted by atomic mass is 79.9. The van der Waals surface area contributed by atoms with Gasteiger partial charge in [-0.25, -0.2) is 4.79 Å². The number of hydrogen-bond acceptors (Lipinski definition) is 3. The van der Waals surface area contributed by atoms with Gasteiger partial charge in [0.15, 0.2) is 0 Å². The van der Waals surface area contributed by atoms with Gasteiger partial charge < -0.3 is 9.84 Å². The van der Waals surface area contributed by atoms with Crippen LogP contribution in [-0.2, 0) is 6.61 Å². The number of carbonyl (C=O) groups is 1. The first-order valence-corrected chi connectivity index (χ1v) is 6.94. The zero-order valence-corrected chi connectivity index (χ0v) is 12.0. The molecule has 0 saturated heterocycles. The highest BCUT2D eigenvalue weighted by Crippen LogP contribution is 2.26. The zero-order valence-electron chi connectivity index (χ0n) is 9.64. The van der Waals surface area contributed by atoms with E-state index >= 15 is 0 Å². The molecule has 94 valence electrons. The second kappa shape index (κ2) is 5.54. The van der Waals surface area contributed by atoms with E-state index in [0.29, 0.717) is 12.4 Å². The average molecular weight is 327 g/mol. The van der Waals surface area contributed by atoms with E-state index < -0.39 is 5.97 Å². The summed E-state index contributed by atoms with van der Waals surface area (Å²) < 4.78 is 6.67. The van der Waals surface area contributed by atoms with Crippen LogP contribution in [0.4, 0.5) is 0 Å². The molecule has 1 aromatic heterocycles. The van der Waals surface area contributed by atoms with E-state index in [2.05, 4.69) is 15.9 Å². The molecule has 0 fully saturated rings. The summed E-state index contributed by atoms with van der Waals surface area (Å²) in [7, 11) is 0. The molecular weight excluding hydrogens is 316 g/mol. The average Bonchev–Trinajstić information content (AvgIpc) is 2.73. The van der Waals surface area contributed by atoms with Crippen LogP contribution in [0.15, 0.2) is 33.4 Å². The zero-order chi connectivity index (χ0) is 13.1. The van der Waals surface area contributed by atoms with Gasteiger partial charge in [-0.05, 0) is 45.9 Å². The number of rotatable bonds is 4. The van der Waals surface area contributed by atoms with Crippen molar-refractivity contribution in [2.45, 2.75) is 13.5 Å². The first-order valence-electron chi connectivity index (χ1n) is 5.26. The number of carboxylic acids is 1. The summed E-state index contributed by atoms with van der Waals surface area (Å²) in [4.78, 5) is 11.1. The highest BCUT2D eigenvalue weighted by Gasteiger charge is 2.13. The maximum absolute atomic E-state index is 11.1. The van der Waals surface area contributed by atoms with Crippen LogP contribution in [0.2, 0.25) is 0 Å². The molecular formula is C13H11BrO3S. The molecule has 1 N–H and O–H groups in total. The lowest BCUT2D eigenvalue weighted by molar-refractivity contribution is 0.0691. The highest BCUT2D eigenvalue weighted by molar-refractivity contribution is 9.11. The third kappa shape index (κ3) is 2.91. The summed E-state index contributed by atoms with van der Waals surface area (Å²) in [5.41, 5.74) is 2.04. The van der Waals surface area contributed by atoms with Crippen molar-refractivity contribution in [1.29, 1.82) is 0 Å². The first-order chi connectivity index (χ1) is 8.58. The van der Waals surface area contributed by atoms with E-state index in [9.17, 15) is 4.79 Å². The van der Waals surface area contributed by atoms with Crippen molar-refractivity contribution in [1.82, 2.24) is 0 Å². The fraction of sp³-hybridized carbons (Fsp3) is 0.154. The van der Waals surface area contributed by atoms with Crippen LogP contribution in [-0.4, -0.2) is 11.1 Å². The lowest BCUT2D eigenvalue weighted by Gasteiger charge is -2.11. The third-order valence-electron chi connectivity index (χ3n) is 2.45. The van der Waals surface area contributed by atoms with Gasteiger partial charge in [0, 0.05) is 5.56 Å². The molecule has 0 aliphatic heterocycles. The van der Waals surface area contributed by atoms with Gasteiger partial charge in [0.2, 0.25) is 0 Å². The maximum atomic E-state index is 11.1. The number of para-hydroxylation sites is 1. The van der Waals surface area contributed by atoms with Gasteiger partial charge >= 0.3 is 5.97 Å². The van der Waals surface area contributed by atoms with Gasteiger partial charge in [-0.15, -0.1) is 11.3 Å². The smallest absolute Gasteiger partial charge is 0.339 e. The third-order valence-corrected chi connectivity index (χ3v) is 4.00. The molecule has 3 nitrogen and oxygen atoms in total. The van der Waals surface area contributed by atoms with Gasteiger partial charge in [-0.3, -0.25) is 0 Å². The topological polar surface area (TPSA) is 46.5 Å². The summed E-state index contributed by atoms with van der Waals surface area (Å²) in [5.74, 6) is -0.535. The monoisotopic (exact) mass is 326 g/mol. The second-order valence-corrected chi connectivity index (χ2v) is 6.09. The quantitative estimate of drug-likeness (QED) is 0.920. The molecule has 2 aromatic rings. The van der Waals surface area contributed by atoms with E-state index in [1.807, 2.05) is 24.4 Å². The molecule has 0 atom stereocenters. The van der Waals surface area contributed by atoms with E-state index in [4.69, 9.17) is 9.84 Å². The van der Waals surface area contributed by atoms with Gasteiger partial charge in [0.05, 0.1) is 3.79 Å². The minimum Gasteiger partial charge on any atom is -0.488 e. The molecule has 0 spiro atoms. The van der Waals surface area contributed by atoms with Gasteiger partial charge in [0.25, 0.3) is 0 Å². The number of carboxylic acid groups (broad SMARTS) is 1. The van der Waals surface area contributed by atoms with Crippen molar-refractivity contribution in [3.63, 3.8) is 0 Å². The Hall–Kier alpha value is -1.33. The largest absolute Gasteiger partial charge is 0.488 e. The van der Waals surface area contributed by atoms with Gasteiger partial charge in [-0.2, -0.15) is 0 Å². The Morgan fingerprint density at radius 2 is 2.28 bits per heavy atom. The number of aryl methyl sites for hydroxylation is 1. The number of aromatic carboxylic acids is 1. The molecule has 0 aliphatic carbocycles. The van der Waals surface area contributed by atoms with Gasteiger partial charge in [-0.1, -0.05) is 12.1 Å². The number of hydrogen-bond donors (Lipinski definition) is 1. The van der Waals surface area contributed by atoms with Crippen molar-refractivity contribution in [2.75, 3.05) is 0 Å². The van der Waals surface area contributed by atoms with Crippen LogP contribution in [0.3, 0.4) is 0 Å². The molecule has 0 amide bonds. The van der Waals surface area contributed by atoms with Crippen LogP contribution in [0, 0.1) is 6.92 Å². The number of halogens is 1. The summed E-state index contributed by atoms with van der Waals surface area (Å²) in [6, 6.07) is 7.07. The normalized spacial score (nSPS) is 10.3. The Labute approximate surface area is 117 Å². The van der Waals surface area contributed by atoms with Crippen LogP contribution >= 0.6 is 27.3 Å². The van der Waals surface area contributed by atoms with E-state index in [1.54, 1.807) is 23.5 Å². The molecule has 2 rings (SSSR count). The number of ether oxygens (including phenoxy) is 1. The Morgan fingerprint density at radius 3 is 2.89 bits per heavy atom. The van der Waals surface area contributed by atoms with Crippen LogP contribution in [0.1, 0.15) is 21.5 Å². The molecule has 1 heterocycles. The van der Waals surface area contributed by atoms with Crippen molar-refractivity contribution in [3.8, 4) is 5.75 Å². The molecule has 0 radical (unpaired) electrons. The Balaban J connectivity index is 2.20. The van der Waals surface area contributed by atoms with E-state index in [-0.39, 0.29) is 5.56 Å². The van der Waals surface area contributed by atoms with Crippen LogP contribution < -0.4 is 4.74 Å². The minimum absolute atomic E-state index is 0.198. The molecule has 1 aromatic carbocycles. The lowest BCUT2D eigenvalue weighted by atomic mass is 10.1. The molecule has 5 heteroatoms. The molecule has 0 saturated carbocycles. The molecule has 0 unspecified atom stereocenters. The fourth-order valence-corrected chi connectivity index (χ4v) is 2.78. The SMILES string of the molecule is Cc1cccc(C(=O)O)c1OCc1csc(Br)c1. The van der Waals surface area contributed by atoms with Crippen LogP contribution in [0.25, 0.3) is 0 Å². The number of thiophene rings is 1. The standard InChI is InChI=1S/C13H11BrO3S/c1-8-3-2-4-10(13(15)16)12(8)17-6-9-5-11(14)18-7-9/h2-5,7H,6H2,1H3,(H,15,16). The molecule has 0 aliphatic rings. The second-order valence-electron chi connectivity index (χ2n) is 3.80. The Morgan fingerprint density at radius 1 is 1.50 bits per heavy atom. The summed E-state index contributed by atoms with van der Waals surface area (Å²) >= 11 is 4.95. The lowest BCUT2D eigenvalue weighted by Crippen LogP contribution is -2.04. The Kier molecular flexibility index (Phi) is 4.04. The van der Waals surface area contributed by atoms with Crippen LogP contribution in [0.5, 0.6) is 5.75 Å². The van der Waals surface area contributed by atoms with Crippen molar-refractivity contribution in [2.24, 2.45) is 0 Å².